The lowest BCUT2D eigenvalue weighted by molar-refractivity contribution is 0.178. The maximum Gasteiger partial charge on any atom is 0.125 e. The largest absolute Gasteiger partial charge is 0.489 e. The molecule has 0 spiro atoms. The van der Waals surface area contributed by atoms with Gasteiger partial charge >= 0.3 is 0 Å². The first-order valence-corrected chi connectivity index (χ1v) is 5.95. The fourth-order valence-corrected chi connectivity index (χ4v) is 1.75. The molecule has 0 saturated carbocycles. The summed E-state index contributed by atoms with van der Waals surface area (Å²) in [6, 6.07) is 17.3. The van der Waals surface area contributed by atoms with Crippen LogP contribution < -0.4 is 10.5 Å². The Morgan fingerprint density at radius 2 is 1.67 bits per heavy atom. The molecule has 1 atom stereocenters. The van der Waals surface area contributed by atoms with E-state index in [1.54, 1.807) is 0 Å². The number of hydrogen-bond donors (Lipinski definition) is 2. The third kappa shape index (κ3) is 3.09. The Labute approximate surface area is 107 Å². The quantitative estimate of drug-likeness (QED) is 0.847. The van der Waals surface area contributed by atoms with Crippen LogP contribution in [0.15, 0.2) is 54.6 Å². The molecule has 0 amide bonds. The lowest BCUT2D eigenvalue weighted by Gasteiger charge is -2.14. The maximum absolute atomic E-state index is 9.80. The smallest absolute Gasteiger partial charge is 0.125 e. The van der Waals surface area contributed by atoms with E-state index in [0.29, 0.717) is 12.4 Å². The van der Waals surface area contributed by atoms with Gasteiger partial charge in [-0.15, -0.1) is 0 Å². The molecule has 0 aliphatic rings. The number of nitrogens with two attached hydrogens (primary N) is 1. The summed E-state index contributed by atoms with van der Waals surface area (Å²) in [6.07, 6.45) is -0.683. The molecule has 0 aliphatic heterocycles. The van der Waals surface area contributed by atoms with Crippen molar-refractivity contribution in [2.24, 2.45) is 5.73 Å². The Bertz CT molecular complexity index is 485. The van der Waals surface area contributed by atoms with Crippen LogP contribution in [0.25, 0.3) is 0 Å². The number of benzene rings is 2. The minimum atomic E-state index is -0.683. The zero-order valence-corrected chi connectivity index (χ0v) is 10.1. The molecule has 3 nitrogen and oxygen atoms in total. The number of aliphatic hydroxyl groups is 1. The Morgan fingerprint density at radius 3 is 2.39 bits per heavy atom. The summed E-state index contributed by atoms with van der Waals surface area (Å²) in [7, 11) is 0. The van der Waals surface area contributed by atoms with Crippen LogP contribution in [0.1, 0.15) is 17.2 Å². The van der Waals surface area contributed by atoms with E-state index in [9.17, 15) is 5.11 Å². The molecule has 2 aromatic carbocycles. The molecule has 2 aromatic rings. The second kappa shape index (κ2) is 6.19. The van der Waals surface area contributed by atoms with Crippen LogP contribution >= 0.6 is 0 Å². The second-order valence-electron chi connectivity index (χ2n) is 4.06. The fourth-order valence-electron chi connectivity index (χ4n) is 1.75. The predicted molar refractivity (Wildman–Crippen MR) is 71.2 cm³/mol. The zero-order valence-electron chi connectivity index (χ0n) is 10.1. The van der Waals surface area contributed by atoms with Gasteiger partial charge in [0.15, 0.2) is 0 Å². The highest BCUT2D eigenvalue weighted by atomic mass is 16.5. The topological polar surface area (TPSA) is 55.5 Å². The van der Waals surface area contributed by atoms with E-state index in [-0.39, 0.29) is 6.54 Å². The Balaban J connectivity index is 2.10. The van der Waals surface area contributed by atoms with E-state index in [1.165, 1.54) is 0 Å². The van der Waals surface area contributed by atoms with Crippen molar-refractivity contribution in [3.63, 3.8) is 0 Å². The summed E-state index contributed by atoms with van der Waals surface area (Å²) in [6.45, 7) is 0.668. The Hall–Kier alpha value is -1.84. The van der Waals surface area contributed by atoms with Gasteiger partial charge in [0.05, 0.1) is 6.10 Å². The molecule has 2 rings (SSSR count). The zero-order chi connectivity index (χ0) is 12.8. The summed E-state index contributed by atoms with van der Waals surface area (Å²) < 4.78 is 5.73. The standard InChI is InChI=1S/C15H17NO2/c16-10-14(17)13-8-4-5-9-15(13)18-11-12-6-2-1-3-7-12/h1-9,14,17H,10-11,16H2. The van der Waals surface area contributed by atoms with E-state index in [0.717, 1.165) is 11.1 Å². The van der Waals surface area contributed by atoms with Gasteiger partial charge in [0.25, 0.3) is 0 Å². The first-order valence-electron chi connectivity index (χ1n) is 5.95. The minimum Gasteiger partial charge on any atom is -0.489 e. The van der Waals surface area contributed by atoms with E-state index in [1.807, 2.05) is 54.6 Å². The van der Waals surface area contributed by atoms with Gasteiger partial charge in [0.2, 0.25) is 0 Å². The average molecular weight is 243 g/mol. The van der Waals surface area contributed by atoms with Gasteiger partial charge in [0, 0.05) is 12.1 Å². The molecule has 0 heterocycles. The third-order valence-electron chi connectivity index (χ3n) is 2.74. The van der Waals surface area contributed by atoms with Crippen LogP contribution in [0, 0.1) is 0 Å². The summed E-state index contributed by atoms with van der Waals surface area (Å²) in [5.41, 5.74) is 7.30. The molecule has 0 radical (unpaired) electrons. The van der Waals surface area contributed by atoms with Crippen LogP contribution in [-0.4, -0.2) is 11.7 Å². The minimum absolute atomic E-state index is 0.186. The first kappa shape index (κ1) is 12.6. The molecule has 3 heteroatoms. The van der Waals surface area contributed by atoms with Crippen LogP contribution in [0.5, 0.6) is 5.75 Å². The molecular weight excluding hydrogens is 226 g/mol. The molecule has 0 aliphatic carbocycles. The van der Waals surface area contributed by atoms with Gasteiger partial charge in [0.1, 0.15) is 12.4 Å². The van der Waals surface area contributed by atoms with E-state index < -0.39 is 6.10 Å². The van der Waals surface area contributed by atoms with Gasteiger partial charge in [-0.3, -0.25) is 0 Å². The van der Waals surface area contributed by atoms with E-state index >= 15 is 0 Å². The Morgan fingerprint density at radius 1 is 1.00 bits per heavy atom. The lowest BCUT2D eigenvalue weighted by Crippen LogP contribution is -2.12. The van der Waals surface area contributed by atoms with Gasteiger partial charge in [-0.2, -0.15) is 0 Å². The molecule has 0 saturated heterocycles. The molecule has 0 aromatic heterocycles. The summed E-state index contributed by atoms with van der Waals surface area (Å²) in [5, 5.41) is 9.80. The van der Waals surface area contributed by atoms with Crippen LogP contribution in [0.2, 0.25) is 0 Å². The predicted octanol–water partition coefficient (Wildman–Crippen LogP) is 2.26. The van der Waals surface area contributed by atoms with Crippen LogP contribution in [0.3, 0.4) is 0 Å². The molecule has 1 unspecified atom stereocenters. The normalized spacial score (nSPS) is 12.1. The van der Waals surface area contributed by atoms with Gasteiger partial charge in [-0.25, -0.2) is 0 Å². The highest BCUT2D eigenvalue weighted by molar-refractivity contribution is 5.35. The molecule has 3 N–H and O–H groups in total. The van der Waals surface area contributed by atoms with Crippen LogP contribution in [0.4, 0.5) is 0 Å². The van der Waals surface area contributed by atoms with Crippen molar-refractivity contribution < 1.29 is 9.84 Å². The molecule has 0 bridgehead atoms. The SMILES string of the molecule is NCC(O)c1ccccc1OCc1ccccc1. The van der Waals surface area contributed by atoms with E-state index in [2.05, 4.69) is 0 Å². The van der Waals surface area contributed by atoms with Gasteiger partial charge in [-0.1, -0.05) is 48.5 Å². The van der Waals surface area contributed by atoms with Gasteiger partial charge in [-0.05, 0) is 11.6 Å². The monoisotopic (exact) mass is 243 g/mol. The van der Waals surface area contributed by atoms with Crippen molar-refractivity contribution in [1.82, 2.24) is 0 Å². The third-order valence-corrected chi connectivity index (χ3v) is 2.74. The van der Waals surface area contributed by atoms with Crippen molar-refractivity contribution in [3.8, 4) is 5.75 Å². The number of para-hydroxylation sites is 1. The fraction of sp³-hybridized carbons (Fsp3) is 0.200. The Kier molecular flexibility index (Phi) is 4.34. The van der Waals surface area contributed by atoms with Crippen molar-refractivity contribution in [3.05, 3.63) is 65.7 Å². The summed E-state index contributed by atoms with van der Waals surface area (Å²) in [5.74, 6) is 0.680. The molecule has 18 heavy (non-hydrogen) atoms. The summed E-state index contributed by atoms with van der Waals surface area (Å²) >= 11 is 0. The number of hydrogen-bond acceptors (Lipinski definition) is 3. The van der Waals surface area contributed by atoms with Crippen molar-refractivity contribution in [2.45, 2.75) is 12.7 Å². The van der Waals surface area contributed by atoms with E-state index in [4.69, 9.17) is 10.5 Å². The van der Waals surface area contributed by atoms with Crippen molar-refractivity contribution in [2.75, 3.05) is 6.54 Å². The molecule has 0 fully saturated rings. The highest BCUT2D eigenvalue weighted by Crippen LogP contribution is 2.25. The first-order chi connectivity index (χ1) is 8.81. The molecular formula is C15H17NO2. The average Bonchev–Trinajstić information content (AvgIpc) is 2.45. The maximum atomic E-state index is 9.80. The van der Waals surface area contributed by atoms with Crippen molar-refractivity contribution in [1.29, 1.82) is 0 Å². The number of rotatable bonds is 5. The highest BCUT2D eigenvalue weighted by Gasteiger charge is 2.11. The van der Waals surface area contributed by atoms with Crippen LogP contribution in [-0.2, 0) is 6.61 Å². The second-order valence-corrected chi connectivity index (χ2v) is 4.06. The number of ether oxygens (including phenoxy) is 1. The number of aliphatic hydroxyl groups excluding tert-OH is 1. The van der Waals surface area contributed by atoms with Crippen molar-refractivity contribution >= 4 is 0 Å². The lowest BCUT2D eigenvalue weighted by atomic mass is 10.1. The molecule has 94 valence electrons. The summed E-state index contributed by atoms with van der Waals surface area (Å²) in [4.78, 5) is 0. The van der Waals surface area contributed by atoms with Gasteiger partial charge < -0.3 is 15.6 Å².